The summed E-state index contributed by atoms with van der Waals surface area (Å²) in [5.74, 6) is 5.57. The number of carbonyl (C=O) groups is 1. The van der Waals surface area contributed by atoms with E-state index in [1.54, 1.807) is 6.20 Å². The predicted octanol–water partition coefficient (Wildman–Crippen LogP) is 0.852. The highest BCUT2D eigenvalue weighted by Crippen LogP contribution is 2.20. The lowest BCUT2D eigenvalue weighted by atomic mass is 10.1. The molecule has 0 spiro atoms. The van der Waals surface area contributed by atoms with Gasteiger partial charge in [-0.1, -0.05) is 23.2 Å². The molecule has 2 N–H and O–H groups in total. The Morgan fingerprint density at radius 1 is 1.72 bits per heavy atom. The van der Waals surface area contributed by atoms with Gasteiger partial charge in [-0.15, -0.1) is 0 Å². The number of amides is 1. The van der Waals surface area contributed by atoms with Gasteiger partial charge < -0.3 is 15.2 Å². The third-order valence-corrected chi connectivity index (χ3v) is 3.31. The van der Waals surface area contributed by atoms with Crippen LogP contribution in [0.5, 0.6) is 0 Å². The summed E-state index contributed by atoms with van der Waals surface area (Å²) in [6, 6.07) is 0. The molecule has 0 saturated carbocycles. The van der Waals surface area contributed by atoms with Crippen molar-refractivity contribution in [2.45, 2.75) is 12.8 Å². The van der Waals surface area contributed by atoms with Gasteiger partial charge in [-0.2, -0.15) is 0 Å². The molecule has 18 heavy (non-hydrogen) atoms. The number of aromatic nitrogens is 1. The Bertz CT molecular complexity index is 469. The van der Waals surface area contributed by atoms with Crippen molar-refractivity contribution >= 4 is 22.4 Å². The molecule has 0 bridgehead atoms. The van der Waals surface area contributed by atoms with E-state index in [4.69, 9.17) is 9.84 Å². The second-order valence-electron chi connectivity index (χ2n) is 3.85. The molecular weight excluding hydrogens is 252 g/mol. The minimum Gasteiger partial charge on any atom is -0.395 e. The van der Waals surface area contributed by atoms with Crippen LogP contribution in [0.3, 0.4) is 0 Å². The van der Waals surface area contributed by atoms with E-state index in [1.807, 2.05) is 0 Å². The molecule has 1 aromatic heterocycles. The zero-order valence-corrected chi connectivity index (χ0v) is 10.6. The number of anilines is 1. The maximum absolute atomic E-state index is 11.8. The van der Waals surface area contributed by atoms with Gasteiger partial charge in [0.2, 0.25) is 5.91 Å². The summed E-state index contributed by atoms with van der Waals surface area (Å²) in [4.78, 5) is 16.7. The number of rotatable bonds is 3. The van der Waals surface area contributed by atoms with Crippen LogP contribution in [0.4, 0.5) is 5.13 Å². The SMILES string of the molecule is O=C(Nc1ncc(C#CCCO)s1)C1CCOC1. The molecule has 1 fully saturated rings. The third kappa shape index (κ3) is 3.53. The van der Waals surface area contributed by atoms with Crippen LogP contribution >= 0.6 is 11.3 Å². The smallest absolute Gasteiger partial charge is 0.231 e. The van der Waals surface area contributed by atoms with Gasteiger partial charge in [0.25, 0.3) is 0 Å². The largest absolute Gasteiger partial charge is 0.395 e. The van der Waals surface area contributed by atoms with Crippen molar-refractivity contribution in [3.8, 4) is 11.8 Å². The fourth-order valence-electron chi connectivity index (χ4n) is 1.54. The van der Waals surface area contributed by atoms with Crippen molar-refractivity contribution in [1.29, 1.82) is 0 Å². The monoisotopic (exact) mass is 266 g/mol. The number of hydrogen-bond acceptors (Lipinski definition) is 5. The van der Waals surface area contributed by atoms with Crippen LogP contribution in [0.2, 0.25) is 0 Å². The number of aliphatic hydroxyl groups is 1. The van der Waals surface area contributed by atoms with Gasteiger partial charge in [0.15, 0.2) is 5.13 Å². The van der Waals surface area contributed by atoms with E-state index in [0.717, 1.165) is 11.3 Å². The summed E-state index contributed by atoms with van der Waals surface area (Å²) in [5.41, 5.74) is 0. The quantitative estimate of drug-likeness (QED) is 0.796. The highest BCUT2D eigenvalue weighted by molar-refractivity contribution is 7.16. The topological polar surface area (TPSA) is 71.5 Å². The average Bonchev–Trinajstić information content (AvgIpc) is 3.00. The Hall–Kier alpha value is -1.42. The summed E-state index contributed by atoms with van der Waals surface area (Å²) in [5, 5.41) is 11.9. The molecule has 2 rings (SSSR count). The van der Waals surface area contributed by atoms with Gasteiger partial charge in [0, 0.05) is 13.0 Å². The van der Waals surface area contributed by atoms with Gasteiger partial charge in [0.05, 0.1) is 30.2 Å². The molecule has 1 unspecified atom stereocenters. The number of nitrogens with zero attached hydrogens (tertiary/aromatic N) is 1. The molecule has 5 nitrogen and oxygen atoms in total. The molecule has 1 saturated heterocycles. The maximum Gasteiger partial charge on any atom is 0.231 e. The Balaban J connectivity index is 1.90. The number of aliphatic hydroxyl groups excluding tert-OH is 1. The number of hydrogen-bond donors (Lipinski definition) is 2. The highest BCUT2D eigenvalue weighted by atomic mass is 32.1. The first-order valence-electron chi connectivity index (χ1n) is 5.74. The van der Waals surface area contributed by atoms with Crippen LogP contribution in [0.1, 0.15) is 17.7 Å². The molecule has 1 atom stereocenters. The molecule has 1 aliphatic heterocycles. The zero-order chi connectivity index (χ0) is 12.8. The molecule has 1 amide bonds. The lowest BCUT2D eigenvalue weighted by molar-refractivity contribution is -0.119. The summed E-state index contributed by atoms with van der Waals surface area (Å²) in [7, 11) is 0. The number of ether oxygens (including phenoxy) is 1. The minimum atomic E-state index is -0.0715. The first kappa shape index (κ1) is 13.0. The number of carbonyl (C=O) groups excluding carboxylic acids is 1. The molecule has 0 aromatic carbocycles. The Morgan fingerprint density at radius 3 is 3.33 bits per heavy atom. The van der Waals surface area contributed by atoms with Crippen molar-refractivity contribution in [3.63, 3.8) is 0 Å². The normalized spacial score (nSPS) is 18.2. The second kappa shape index (κ2) is 6.50. The Labute approximate surface area is 109 Å². The van der Waals surface area contributed by atoms with E-state index in [-0.39, 0.29) is 18.4 Å². The van der Waals surface area contributed by atoms with E-state index in [0.29, 0.717) is 24.8 Å². The molecule has 6 heteroatoms. The lowest BCUT2D eigenvalue weighted by Crippen LogP contribution is -2.22. The van der Waals surface area contributed by atoms with Gasteiger partial charge in [0.1, 0.15) is 0 Å². The number of nitrogens with one attached hydrogen (secondary N) is 1. The molecule has 1 aliphatic rings. The van der Waals surface area contributed by atoms with Crippen LogP contribution in [-0.4, -0.2) is 35.8 Å². The summed E-state index contributed by atoms with van der Waals surface area (Å²) in [6.07, 6.45) is 2.83. The highest BCUT2D eigenvalue weighted by Gasteiger charge is 2.24. The van der Waals surface area contributed by atoms with E-state index < -0.39 is 0 Å². The standard InChI is InChI=1S/C12H14N2O3S/c15-5-2-1-3-10-7-13-12(18-10)14-11(16)9-4-6-17-8-9/h7,9,15H,2,4-6,8H2,(H,13,14,16). The molecule has 0 aliphatic carbocycles. The van der Waals surface area contributed by atoms with Crippen molar-refractivity contribution in [1.82, 2.24) is 4.98 Å². The number of thiazole rings is 1. The van der Waals surface area contributed by atoms with Crippen LogP contribution in [0.25, 0.3) is 0 Å². The van der Waals surface area contributed by atoms with Gasteiger partial charge in [-0.25, -0.2) is 4.98 Å². The van der Waals surface area contributed by atoms with Crippen molar-refractivity contribution in [2.75, 3.05) is 25.1 Å². The van der Waals surface area contributed by atoms with E-state index in [9.17, 15) is 4.79 Å². The van der Waals surface area contributed by atoms with Crippen LogP contribution in [0, 0.1) is 17.8 Å². The van der Waals surface area contributed by atoms with Gasteiger partial charge in [-0.05, 0) is 6.42 Å². The molecular formula is C12H14N2O3S. The molecule has 96 valence electrons. The van der Waals surface area contributed by atoms with Crippen molar-refractivity contribution in [3.05, 3.63) is 11.1 Å². The maximum atomic E-state index is 11.8. The molecule has 2 heterocycles. The summed E-state index contributed by atoms with van der Waals surface area (Å²) >= 11 is 1.33. The van der Waals surface area contributed by atoms with Crippen LogP contribution in [0.15, 0.2) is 6.20 Å². The fourth-order valence-corrected chi connectivity index (χ4v) is 2.24. The van der Waals surface area contributed by atoms with E-state index in [2.05, 4.69) is 22.1 Å². The Kier molecular flexibility index (Phi) is 4.70. The minimum absolute atomic E-state index is 0.0447. The Morgan fingerprint density at radius 2 is 2.61 bits per heavy atom. The third-order valence-electron chi connectivity index (χ3n) is 2.48. The zero-order valence-electron chi connectivity index (χ0n) is 9.81. The summed E-state index contributed by atoms with van der Waals surface area (Å²) in [6.45, 7) is 1.19. The van der Waals surface area contributed by atoms with Crippen molar-refractivity contribution in [2.24, 2.45) is 5.92 Å². The van der Waals surface area contributed by atoms with E-state index in [1.165, 1.54) is 11.3 Å². The predicted molar refractivity (Wildman–Crippen MR) is 68.3 cm³/mol. The summed E-state index contributed by atoms with van der Waals surface area (Å²) < 4.78 is 5.16. The van der Waals surface area contributed by atoms with Crippen molar-refractivity contribution < 1.29 is 14.6 Å². The average molecular weight is 266 g/mol. The molecule has 1 aromatic rings. The lowest BCUT2D eigenvalue weighted by Gasteiger charge is -2.05. The van der Waals surface area contributed by atoms with Gasteiger partial charge in [-0.3, -0.25) is 4.79 Å². The molecule has 0 radical (unpaired) electrons. The van der Waals surface area contributed by atoms with Crippen LogP contribution in [-0.2, 0) is 9.53 Å². The fraction of sp³-hybridized carbons (Fsp3) is 0.500. The van der Waals surface area contributed by atoms with Gasteiger partial charge >= 0.3 is 0 Å². The van der Waals surface area contributed by atoms with Crippen LogP contribution < -0.4 is 5.32 Å². The first-order valence-corrected chi connectivity index (χ1v) is 6.55. The first-order chi connectivity index (χ1) is 8.79. The van der Waals surface area contributed by atoms with E-state index >= 15 is 0 Å². The second-order valence-corrected chi connectivity index (χ2v) is 4.89.